The third kappa shape index (κ3) is 3.95. The van der Waals surface area contributed by atoms with E-state index in [2.05, 4.69) is 27.2 Å². The lowest BCUT2D eigenvalue weighted by Crippen LogP contribution is -2.15. The van der Waals surface area contributed by atoms with E-state index in [-0.39, 0.29) is 5.28 Å². The number of nitrogens with zero attached hydrogens (tertiary/aromatic N) is 4. The van der Waals surface area contributed by atoms with Gasteiger partial charge >= 0.3 is 0 Å². The average molecular weight is 308 g/mol. The highest BCUT2D eigenvalue weighted by Crippen LogP contribution is 2.24. The van der Waals surface area contributed by atoms with E-state index < -0.39 is 0 Å². The lowest BCUT2D eigenvalue weighted by molar-refractivity contribution is 0.415. The van der Waals surface area contributed by atoms with E-state index in [4.69, 9.17) is 16.3 Å². The zero-order chi connectivity index (χ0) is 15.2. The molecule has 6 nitrogen and oxygen atoms in total. The van der Waals surface area contributed by atoms with Gasteiger partial charge in [0.2, 0.25) is 17.2 Å². The van der Waals surface area contributed by atoms with Crippen LogP contribution in [-0.4, -0.2) is 35.7 Å². The van der Waals surface area contributed by atoms with Crippen LogP contribution >= 0.6 is 11.6 Å². The van der Waals surface area contributed by atoms with Crippen LogP contribution in [-0.2, 0) is 0 Å². The summed E-state index contributed by atoms with van der Waals surface area (Å²) in [5.41, 5.74) is 0.930. The van der Waals surface area contributed by atoms with Crippen LogP contribution in [0.3, 0.4) is 0 Å². The van der Waals surface area contributed by atoms with Gasteiger partial charge in [0.25, 0.3) is 0 Å². The number of rotatable bonds is 6. The molecular weight excluding hydrogens is 290 g/mol. The predicted molar refractivity (Wildman–Crippen MR) is 84.7 cm³/mol. The van der Waals surface area contributed by atoms with Crippen molar-refractivity contribution in [2.75, 3.05) is 30.9 Å². The Morgan fingerprint density at radius 1 is 1.19 bits per heavy atom. The molecule has 7 heteroatoms. The summed E-state index contributed by atoms with van der Waals surface area (Å²) in [6.07, 6.45) is 0.979. The highest BCUT2D eigenvalue weighted by Gasteiger charge is 2.11. The molecule has 0 bridgehead atoms. The highest BCUT2D eigenvalue weighted by atomic mass is 35.5. The molecule has 0 radical (unpaired) electrons. The first-order valence-corrected chi connectivity index (χ1v) is 7.05. The molecule has 112 valence electrons. The Hall–Kier alpha value is -2.08. The Kier molecular flexibility index (Phi) is 5.16. The highest BCUT2D eigenvalue weighted by molar-refractivity contribution is 6.28. The van der Waals surface area contributed by atoms with Crippen molar-refractivity contribution < 1.29 is 4.74 Å². The number of hydrogen-bond acceptors (Lipinski definition) is 6. The topological polar surface area (TPSA) is 63.2 Å². The minimum Gasteiger partial charge on any atom is -0.497 e. The van der Waals surface area contributed by atoms with Crippen molar-refractivity contribution in [3.8, 4) is 5.75 Å². The molecule has 1 heterocycles. The van der Waals surface area contributed by atoms with Gasteiger partial charge in [0.15, 0.2) is 0 Å². The van der Waals surface area contributed by atoms with Crippen LogP contribution in [0.15, 0.2) is 24.3 Å². The third-order valence-corrected chi connectivity index (χ3v) is 3.06. The zero-order valence-electron chi connectivity index (χ0n) is 12.3. The predicted octanol–water partition coefficient (Wildman–Crippen LogP) is 3.12. The maximum atomic E-state index is 5.96. The van der Waals surface area contributed by atoms with E-state index in [1.54, 1.807) is 7.11 Å². The van der Waals surface area contributed by atoms with Crippen molar-refractivity contribution in [3.05, 3.63) is 29.5 Å². The van der Waals surface area contributed by atoms with Crippen LogP contribution < -0.4 is 15.0 Å². The van der Waals surface area contributed by atoms with Gasteiger partial charge < -0.3 is 15.0 Å². The molecule has 0 fully saturated rings. The Labute approximate surface area is 129 Å². The molecule has 0 saturated carbocycles. The molecule has 0 aliphatic carbocycles. The fourth-order valence-corrected chi connectivity index (χ4v) is 1.88. The third-order valence-electron chi connectivity index (χ3n) is 2.89. The molecule has 0 aliphatic heterocycles. The van der Waals surface area contributed by atoms with Gasteiger partial charge in [0.05, 0.1) is 7.11 Å². The second-order valence-corrected chi connectivity index (χ2v) is 4.75. The first-order valence-electron chi connectivity index (χ1n) is 6.67. The second kappa shape index (κ2) is 7.08. The first-order chi connectivity index (χ1) is 10.1. The molecule has 1 N–H and O–H groups in total. The number of benzene rings is 1. The van der Waals surface area contributed by atoms with Crippen molar-refractivity contribution in [1.29, 1.82) is 0 Å². The van der Waals surface area contributed by atoms with Crippen molar-refractivity contribution in [1.82, 2.24) is 15.0 Å². The first kappa shape index (κ1) is 15.3. The molecule has 1 aromatic heterocycles. The van der Waals surface area contributed by atoms with Gasteiger partial charge in [0, 0.05) is 19.3 Å². The quantitative estimate of drug-likeness (QED) is 0.884. The minimum absolute atomic E-state index is 0.166. The number of halogens is 1. The van der Waals surface area contributed by atoms with Crippen LogP contribution in [0.25, 0.3) is 0 Å². The monoisotopic (exact) mass is 307 g/mol. The van der Waals surface area contributed by atoms with Crippen LogP contribution in [0.4, 0.5) is 17.6 Å². The molecular formula is C14H18ClN5O. The van der Waals surface area contributed by atoms with Gasteiger partial charge in [-0.2, -0.15) is 15.0 Å². The van der Waals surface area contributed by atoms with Crippen molar-refractivity contribution in [3.63, 3.8) is 0 Å². The van der Waals surface area contributed by atoms with Gasteiger partial charge in [-0.1, -0.05) is 6.92 Å². The summed E-state index contributed by atoms with van der Waals surface area (Å²) in [4.78, 5) is 14.4. The summed E-state index contributed by atoms with van der Waals surface area (Å²) in [5.74, 6) is 1.76. The van der Waals surface area contributed by atoms with E-state index in [0.29, 0.717) is 11.9 Å². The number of nitrogens with one attached hydrogen (secondary N) is 1. The summed E-state index contributed by atoms with van der Waals surface area (Å²) in [7, 11) is 3.51. The van der Waals surface area contributed by atoms with Gasteiger partial charge in [-0.05, 0) is 42.3 Å². The Balaban J connectivity index is 2.24. The minimum atomic E-state index is 0.166. The molecule has 0 amide bonds. The van der Waals surface area contributed by atoms with Gasteiger partial charge in [0.1, 0.15) is 5.75 Å². The van der Waals surface area contributed by atoms with Crippen LogP contribution in [0, 0.1) is 0 Å². The summed E-state index contributed by atoms with van der Waals surface area (Å²) in [6.45, 7) is 2.85. The summed E-state index contributed by atoms with van der Waals surface area (Å²) in [6, 6.07) is 7.61. The Bertz CT molecular complexity index is 590. The van der Waals surface area contributed by atoms with E-state index in [9.17, 15) is 0 Å². The van der Waals surface area contributed by atoms with E-state index in [0.717, 1.165) is 24.4 Å². The number of hydrogen-bond donors (Lipinski definition) is 1. The van der Waals surface area contributed by atoms with Crippen molar-refractivity contribution >= 4 is 29.2 Å². The average Bonchev–Trinajstić information content (AvgIpc) is 2.51. The molecule has 21 heavy (non-hydrogen) atoms. The van der Waals surface area contributed by atoms with Crippen molar-refractivity contribution in [2.24, 2.45) is 0 Å². The molecule has 0 atom stereocenters. The Morgan fingerprint density at radius 2 is 1.90 bits per heavy atom. The van der Waals surface area contributed by atoms with E-state index in [1.807, 2.05) is 36.2 Å². The standard InChI is InChI=1S/C14H18ClN5O/c1-4-9-16-13-17-12(15)18-14(19-13)20(2)10-5-7-11(21-3)8-6-10/h5-8H,4,9H2,1-3H3,(H,16,17,18,19). The molecule has 0 aliphatic rings. The summed E-state index contributed by atoms with van der Waals surface area (Å²) >= 11 is 5.96. The molecule has 1 aromatic carbocycles. The van der Waals surface area contributed by atoms with Crippen LogP contribution in [0.2, 0.25) is 5.28 Å². The molecule has 0 saturated heterocycles. The molecule has 2 rings (SSSR count). The maximum Gasteiger partial charge on any atom is 0.235 e. The smallest absolute Gasteiger partial charge is 0.235 e. The summed E-state index contributed by atoms with van der Waals surface area (Å²) in [5, 5.41) is 3.27. The molecule has 2 aromatic rings. The van der Waals surface area contributed by atoms with Crippen LogP contribution in [0.5, 0.6) is 5.75 Å². The van der Waals surface area contributed by atoms with Gasteiger partial charge in [-0.25, -0.2) is 0 Å². The fraction of sp³-hybridized carbons (Fsp3) is 0.357. The number of methoxy groups -OCH3 is 1. The molecule has 0 spiro atoms. The fourth-order valence-electron chi connectivity index (χ4n) is 1.73. The van der Waals surface area contributed by atoms with Crippen LogP contribution in [0.1, 0.15) is 13.3 Å². The second-order valence-electron chi connectivity index (χ2n) is 4.41. The zero-order valence-corrected chi connectivity index (χ0v) is 13.1. The largest absolute Gasteiger partial charge is 0.497 e. The Morgan fingerprint density at radius 3 is 2.52 bits per heavy atom. The number of aromatic nitrogens is 3. The lowest BCUT2D eigenvalue weighted by Gasteiger charge is -2.18. The lowest BCUT2D eigenvalue weighted by atomic mass is 10.3. The SMILES string of the molecule is CCCNc1nc(Cl)nc(N(C)c2ccc(OC)cc2)n1. The van der Waals surface area contributed by atoms with E-state index >= 15 is 0 Å². The van der Waals surface area contributed by atoms with Gasteiger partial charge in [-0.3, -0.25) is 0 Å². The normalized spacial score (nSPS) is 10.3. The van der Waals surface area contributed by atoms with E-state index in [1.165, 1.54) is 0 Å². The van der Waals surface area contributed by atoms with Gasteiger partial charge in [-0.15, -0.1) is 0 Å². The number of anilines is 3. The maximum absolute atomic E-state index is 5.96. The summed E-state index contributed by atoms with van der Waals surface area (Å²) < 4.78 is 5.15. The van der Waals surface area contributed by atoms with Crippen molar-refractivity contribution in [2.45, 2.75) is 13.3 Å². The number of ether oxygens (including phenoxy) is 1. The molecule has 0 unspecified atom stereocenters.